The highest BCUT2D eigenvalue weighted by Crippen LogP contribution is 2.30. The molecule has 1 saturated carbocycles. The normalized spacial score (nSPS) is 22.0. The second-order valence-corrected chi connectivity index (χ2v) is 8.86. The minimum absolute atomic E-state index is 0.0116. The molecule has 0 spiro atoms. The minimum atomic E-state index is 0.0116. The van der Waals surface area contributed by atoms with Crippen molar-refractivity contribution in [3.8, 4) is 5.75 Å². The fraction of sp³-hybridized carbons (Fsp3) is 0.542. The number of nitrogens with zero attached hydrogens (tertiary/aromatic N) is 4. The Morgan fingerprint density at radius 3 is 2.62 bits per heavy atom. The molecule has 8 heteroatoms. The molecular formula is C24H31N5O3. The lowest BCUT2D eigenvalue weighted by Crippen LogP contribution is -2.37. The second kappa shape index (κ2) is 9.32. The van der Waals surface area contributed by atoms with Crippen LogP contribution < -0.4 is 19.9 Å². The summed E-state index contributed by atoms with van der Waals surface area (Å²) in [7, 11) is 0. The van der Waals surface area contributed by atoms with E-state index in [1.807, 2.05) is 43.5 Å². The Bertz CT molecular complexity index is 927. The molecule has 2 saturated heterocycles. The monoisotopic (exact) mass is 437 g/mol. The molecule has 1 aromatic heterocycles. The van der Waals surface area contributed by atoms with E-state index in [-0.39, 0.29) is 24.0 Å². The van der Waals surface area contributed by atoms with Gasteiger partial charge in [0, 0.05) is 38.2 Å². The summed E-state index contributed by atoms with van der Waals surface area (Å²) in [5.74, 6) is 2.98. The van der Waals surface area contributed by atoms with Crippen molar-refractivity contribution < 1.29 is 14.3 Å². The molecule has 32 heavy (non-hydrogen) atoms. The molecule has 2 atom stereocenters. The summed E-state index contributed by atoms with van der Waals surface area (Å²) in [5, 5.41) is 3.09. The quantitative estimate of drug-likeness (QED) is 0.713. The first-order valence-corrected chi connectivity index (χ1v) is 11.6. The van der Waals surface area contributed by atoms with Crippen LogP contribution in [0.15, 0.2) is 36.5 Å². The van der Waals surface area contributed by atoms with E-state index in [0.717, 1.165) is 81.7 Å². The lowest BCUT2D eigenvalue weighted by atomic mass is 10.1. The average Bonchev–Trinajstić information content (AvgIpc) is 3.59. The number of benzene rings is 1. The third-order valence-electron chi connectivity index (χ3n) is 6.38. The van der Waals surface area contributed by atoms with Crippen LogP contribution in [-0.4, -0.2) is 61.4 Å². The van der Waals surface area contributed by atoms with Crippen LogP contribution in [0.1, 0.15) is 37.8 Å². The summed E-state index contributed by atoms with van der Waals surface area (Å²) in [6, 6.07) is 10.1. The van der Waals surface area contributed by atoms with Gasteiger partial charge in [-0.2, -0.15) is 4.98 Å². The largest absolute Gasteiger partial charge is 0.489 e. The van der Waals surface area contributed by atoms with E-state index >= 15 is 0 Å². The van der Waals surface area contributed by atoms with Crippen LogP contribution in [0.2, 0.25) is 0 Å². The Morgan fingerprint density at radius 2 is 1.88 bits per heavy atom. The standard InChI is InChI=1S/C24H31N5O3/c1-17(26-23(30)19-2-3-19)18-4-6-20(7-5-18)32-21-9-11-29(16-21)22-8-10-25-24(27-22)28-12-14-31-15-13-28/h4-8,10,17,19,21H,2-3,9,11-16H2,1H3,(H,26,30)/t17-,21+/m0/s1. The fourth-order valence-electron chi connectivity index (χ4n) is 4.25. The maximum absolute atomic E-state index is 12.0. The predicted octanol–water partition coefficient (Wildman–Crippen LogP) is 2.56. The average molecular weight is 438 g/mol. The van der Waals surface area contributed by atoms with Crippen molar-refractivity contribution in [1.29, 1.82) is 0 Å². The van der Waals surface area contributed by atoms with Crippen molar-refractivity contribution >= 4 is 17.7 Å². The molecule has 170 valence electrons. The molecule has 0 unspecified atom stereocenters. The number of anilines is 2. The zero-order valence-electron chi connectivity index (χ0n) is 18.6. The third kappa shape index (κ3) is 4.96. The van der Waals surface area contributed by atoms with Crippen molar-refractivity contribution in [2.24, 2.45) is 5.92 Å². The molecule has 1 amide bonds. The number of rotatable bonds is 7. The van der Waals surface area contributed by atoms with Gasteiger partial charge in [-0.05, 0) is 43.5 Å². The number of ether oxygens (including phenoxy) is 2. The van der Waals surface area contributed by atoms with Crippen molar-refractivity contribution in [3.63, 3.8) is 0 Å². The predicted molar refractivity (Wildman–Crippen MR) is 122 cm³/mol. The van der Waals surface area contributed by atoms with Crippen LogP contribution >= 0.6 is 0 Å². The van der Waals surface area contributed by atoms with Crippen LogP contribution in [0.3, 0.4) is 0 Å². The van der Waals surface area contributed by atoms with E-state index in [2.05, 4.69) is 20.1 Å². The number of morpholine rings is 1. The minimum Gasteiger partial charge on any atom is -0.489 e. The van der Waals surface area contributed by atoms with Gasteiger partial charge in [-0.3, -0.25) is 4.79 Å². The molecule has 2 aliphatic heterocycles. The Labute approximate surface area is 188 Å². The van der Waals surface area contributed by atoms with Gasteiger partial charge in [-0.1, -0.05) is 12.1 Å². The number of aromatic nitrogens is 2. The van der Waals surface area contributed by atoms with Gasteiger partial charge in [0.05, 0.1) is 25.8 Å². The number of nitrogens with one attached hydrogen (secondary N) is 1. The Morgan fingerprint density at radius 1 is 1.09 bits per heavy atom. The topological polar surface area (TPSA) is 79.8 Å². The maximum Gasteiger partial charge on any atom is 0.227 e. The van der Waals surface area contributed by atoms with Crippen molar-refractivity contribution in [1.82, 2.24) is 15.3 Å². The highest BCUT2D eigenvalue weighted by atomic mass is 16.5. The van der Waals surface area contributed by atoms with E-state index in [4.69, 9.17) is 14.5 Å². The molecule has 5 rings (SSSR count). The first-order chi connectivity index (χ1) is 15.7. The van der Waals surface area contributed by atoms with Crippen LogP contribution in [0.5, 0.6) is 5.75 Å². The van der Waals surface area contributed by atoms with Crippen molar-refractivity contribution in [2.75, 3.05) is 49.2 Å². The Hall–Kier alpha value is -2.87. The van der Waals surface area contributed by atoms with E-state index < -0.39 is 0 Å². The van der Waals surface area contributed by atoms with E-state index in [1.54, 1.807) is 0 Å². The number of hydrogen-bond acceptors (Lipinski definition) is 7. The molecule has 0 bridgehead atoms. The molecule has 2 aromatic rings. The second-order valence-electron chi connectivity index (χ2n) is 8.86. The van der Waals surface area contributed by atoms with Gasteiger partial charge in [0.2, 0.25) is 11.9 Å². The molecule has 8 nitrogen and oxygen atoms in total. The van der Waals surface area contributed by atoms with Crippen LogP contribution in [0, 0.1) is 5.92 Å². The molecule has 3 fully saturated rings. The summed E-state index contributed by atoms with van der Waals surface area (Å²) < 4.78 is 11.7. The number of hydrogen-bond donors (Lipinski definition) is 1. The summed E-state index contributed by atoms with van der Waals surface area (Å²) in [6.45, 7) is 6.83. The molecule has 1 aliphatic carbocycles. The zero-order valence-corrected chi connectivity index (χ0v) is 18.6. The molecular weight excluding hydrogens is 406 g/mol. The summed E-state index contributed by atoms with van der Waals surface area (Å²) in [5.41, 5.74) is 1.09. The molecule has 3 heterocycles. The summed E-state index contributed by atoms with van der Waals surface area (Å²) >= 11 is 0. The first kappa shape index (κ1) is 21.0. The van der Waals surface area contributed by atoms with Crippen molar-refractivity contribution in [3.05, 3.63) is 42.1 Å². The molecule has 1 N–H and O–H groups in total. The third-order valence-corrected chi connectivity index (χ3v) is 6.38. The lowest BCUT2D eigenvalue weighted by Gasteiger charge is -2.27. The van der Waals surface area contributed by atoms with E-state index in [0.29, 0.717) is 0 Å². The Balaban J connectivity index is 1.15. The van der Waals surface area contributed by atoms with E-state index in [1.165, 1.54) is 0 Å². The Kier molecular flexibility index (Phi) is 6.12. The van der Waals surface area contributed by atoms with Gasteiger partial charge < -0.3 is 24.6 Å². The maximum atomic E-state index is 12.0. The first-order valence-electron chi connectivity index (χ1n) is 11.6. The van der Waals surface area contributed by atoms with E-state index in [9.17, 15) is 4.79 Å². The SMILES string of the molecule is C[C@H](NC(=O)C1CC1)c1ccc(O[C@@H]2CCN(c3ccnc(N4CCOCC4)n3)C2)cc1. The highest BCUT2D eigenvalue weighted by Gasteiger charge is 2.30. The van der Waals surface area contributed by atoms with Crippen molar-refractivity contribution in [2.45, 2.75) is 38.3 Å². The van der Waals surface area contributed by atoms with Crippen LogP contribution in [-0.2, 0) is 9.53 Å². The van der Waals surface area contributed by atoms with Gasteiger partial charge >= 0.3 is 0 Å². The number of carbonyl (C=O) groups excluding carboxylic acids is 1. The fourth-order valence-corrected chi connectivity index (χ4v) is 4.25. The molecule has 3 aliphatic rings. The van der Waals surface area contributed by atoms with Crippen LogP contribution in [0.25, 0.3) is 0 Å². The van der Waals surface area contributed by atoms with Gasteiger partial charge in [-0.15, -0.1) is 0 Å². The molecule has 0 radical (unpaired) electrons. The van der Waals surface area contributed by atoms with Gasteiger partial charge in [-0.25, -0.2) is 4.98 Å². The summed E-state index contributed by atoms with van der Waals surface area (Å²) in [6.07, 6.45) is 4.95. The van der Waals surface area contributed by atoms with Gasteiger partial charge in [0.15, 0.2) is 0 Å². The van der Waals surface area contributed by atoms with Crippen LogP contribution in [0.4, 0.5) is 11.8 Å². The highest BCUT2D eigenvalue weighted by molar-refractivity contribution is 5.81. The summed E-state index contributed by atoms with van der Waals surface area (Å²) in [4.78, 5) is 25.7. The van der Waals surface area contributed by atoms with Gasteiger partial charge in [0.1, 0.15) is 17.7 Å². The zero-order chi connectivity index (χ0) is 21.9. The smallest absolute Gasteiger partial charge is 0.227 e. The lowest BCUT2D eigenvalue weighted by molar-refractivity contribution is -0.122. The number of carbonyl (C=O) groups is 1. The molecule has 1 aromatic carbocycles. The number of amides is 1. The van der Waals surface area contributed by atoms with Gasteiger partial charge in [0.25, 0.3) is 0 Å².